The quantitative estimate of drug-likeness (QED) is 0.154. The van der Waals surface area contributed by atoms with Gasteiger partial charge in [0.25, 0.3) is 5.91 Å². The van der Waals surface area contributed by atoms with E-state index in [2.05, 4.69) is 62.4 Å². The molecule has 12 rings (SSSR count). The second-order valence-corrected chi connectivity index (χ2v) is 21.0. The second kappa shape index (κ2) is 23.5. The van der Waals surface area contributed by atoms with E-state index in [4.69, 9.17) is 25.1 Å². The minimum absolute atomic E-state index is 0.105. The maximum atomic E-state index is 13.3. The zero-order chi connectivity index (χ0) is 53.4. The Morgan fingerprint density at radius 3 is 1.30 bits per heavy atom. The van der Waals surface area contributed by atoms with Crippen molar-refractivity contribution in [1.82, 2.24) is 33.5 Å². The molecule has 0 radical (unpaired) electrons. The van der Waals surface area contributed by atoms with Crippen molar-refractivity contribution in [3.8, 4) is 56.9 Å². The smallest absolute Gasteiger partial charge is 0.335 e. The number of piperidine rings is 1. The maximum absolute atomic E-state index is 13.3. The molecule has 0 spiro atoms. The Balaban J connectivity index is 0.000000148. The van der Waals surface area contributed by atoms with Gasteiger partial charge in [-0.2, -0.15) is 10.5 Å². The van der Waals surface area contributed by atoms with Gasteiger partial charge in [-0.05, 0) is 135 Å². The van der Waals surface area contributed by atoms with E-state index < -0.39 is 5.97 Å². The predicted octanol–water partition coefficient (Wildman–Crippen LogP) is 11.1. The molecule has 14 nitrogen and oxygen atoms in total. The van der Waals surface area contributed by atoms with Gasteiger partial charge in [0.2, 0.25) is 0 Å². The number of morpholine rings is 2. The van der Waals surface area contributed by atoms with Crippen LogP contribution in [0.3, 0.4) is 0 Å². The number of pyridine rings is 2. The molecular formula is C63H65N9O5. The van der Waals surface area contributed by atoms with Crippen molar-refractivity contribution in [2.24, 2.45) is 0 Å². The van der Waals surface area contributed by atoms with Gasteiger partial charge in [-0.15, -0.1) is 0 Å². The topological polar surface area (TPSA) is 165 Å². The average molecular weight is 1030 g/mol. The monoisotopic (exact) mass is 1030 g/mol. The van der Waals surface area contributed by atoms with Crippen LogP contribution in [0.2, 0.25) is 0 Å². The van der Waals surface area contributed by atoms with Crippen LogP contribution in [0.25, 0.3) is 56.1 Å². The minimum Gasteiger partial charge on any atom is -0.478 e. The Bertz CT molecular complexity index is 3400. The SMILES string of the molecule is CC1(N2CCOCC2)CCCCC1.CC1(N2CCOCC2)CCN(C(=O)c2ccc(-c3ccc4ncc(-c5ccc(C#N)cc5)n4c3)cc2)CC1.N#Cc1ccc(-c2cnc3ccc(-c4ccc(C(=O)O)cc4)cn23)cc1. The van der Waals surface area contributed by atoms with Gasteiger partial charge in [-0.1, -0.05) is 67.8 Å². The van der Waals surface area contributed by atoms with Crippen molar-refractivity contribution in [2.75, 3.05) is 65.7 Å². The number of nitrogens with zero attached hydrogens (tertiary/aromatic N) is 9. The number of aromatic nitrogens is 4. The van der Waals surface area contributed by atoms with Gasteiger partial charge in [0.05, 0.1) is 79.0 Å². The average Bonchev–Trinajstić information content (AvgIpc) is 4.13. The lowest BCUT2D eigenvalue weighted by molar-refractivity contribution is -0.0372. The third-order valence-corrected chi connectivity index (χ3v) is 16.2. The standard InChI is InChI=1S/C31H31N5O2.C21H13N3O2.C11H21NO/c1-31(35-16-18-38-19-17-35)12-14-34(15-13-31)30(37)26-8-6-24(7-9-26)27-10-11-29-33-21-28(36(29)22-27)25-4-2-23(20-32)3-5-25;22-11-14-1-3-16(4-2-14)19-12-23-20-10-9-18(13-24(19)20)15-5-7-17(8-6-15)21(25)26;1-11(5-3-2-4-6-11)12-7-9-13-10-8-12/h2-11,21-22H,12-19H2,1H3;1-10,12-13H,(H,25,26);2-10H2,1H3. The Morgan fingerprint density at radius 2 is 0.883 bits per heavy atom. The number of carboxylic acids is 1. The predicted molar refractivity (Wildman–Crippen MR) is 298 cm³/mol. The number of nitriles is 2. The number of aromatic carboxylic acids is 1. The number of hydrogen-bond donors (Lipinski definition) is 1. The number of fused-ring (bicyclic) bond motifs is 2. The van der Waals surface area contributed by atoms with E-state index >= 15 is 0 Å². The number of hydrogen-bond acceptors (Lipinski definition) is 10. The van der Waals surface area contributed by atoms with Crippen molar-refractivity contribution in [3.05, 3.63) is 168 Å². The molecule has 1 aliphatic carbocycles. The van der Waals surface area contributed by atoms with Gasteiger partial charge in [0.15, 0.2) is 0 Å². The summed E-state index contributed by atoms with van der Waals surface area (Å²) >= 11 is 0. The summed E-state index contributed by atoms with van der Waals surface area (Å²) < 4.78 is 15.0. The van der Waals surface area contributed by atoms with Crippen LogP contribution in [-0.4, -0.2) is 127 Å². The summed E-state index contributed by atoms with van der Waals surface area (Å²) in [7, 11) is 0. The third kappa shape index (κ3) is 11.9. The van der Waals surface area contributed by atoms with Gasteiger partial charge in [0, 0.05) is 79.4 Å². The molecule has 77 heavy (non-hydrogen) atoms. The zero-order valence-corrected chi connectivity index (χ0v) is 44.0. The molecule has 4 aromatic heterocycles. The van der Waals surface area contributed by atoms with Gasteiger partial charge in [-0.3, -0.25) is 23.4 Å². The number of carbonyl (C=O) groups excluding carboxylic acids is 1. The number of ether oxygens (including phenoxy) is 2. The highest BCUT2D eigenvalue weighted by molar-refractivity contribution is 5.95. The Morgan fingerprint density at radius 1 is 0.494 bits per heavy atom. The fourth-order valence-corrected chi connectivity index (χ4v) is 11.3. The summed E-state index contributed by atoms with van der Waals surface area (Å²) in [5.74, 6) is -0.835. The van der Waals surface area contributed by atoms with Crippen LogP contribution in [0.4, 0.5) is 0 Å². The number of carbonyl (C=O) groups is 2. The van der Waals surface area contributed by atoms with Gasteiger partial charge in [0.1, 0.15) is 11.3 Å². The van der Waals surface area contributed by atoms with Crippen molar-refractivity contribution in [1.29, 1.82) is 10.5 Å². The van der Waals surface area contributed by atoms with Crippen molar-refractivity contribution >= 4 is 23.2 Å². The first-order valence-electron chi connectivity index (χ1n) is 26.9. The molecule has 3 saturated heterocycles. The zero-order valence-electron chi connectivity index (χ0n) is 44.0. The van der Waals surface area contributed by atoms with Gasteiger partial charge in [-0.25, -0.2) is 14.8 Å². The molecule has 7 heterocycles. The number of benzene rings is 4. The van der Waals surface area contributed by atoms with Crippen molar-refractivity contribution in [3.63, 3.8) is 0 Å². The van der Waals surface area contributed by atoms with E-state index in [1.54, 1.807) is 42.6 Å². The molecule has 1 amide bonds. The molecular weight excluding hydrogens is 963 g/mol. The summed E-state index contributed by atoms with van der Waals surface area (Å²) in [5, 5.41) is 27.1. The summed E-state index contributed by atoms with van der Waals surface area (Å²) in [6.07, 6.45) is 16.8. The number of rotatable bonds is 8. The maximum Gasteiger partial charge on any atom is 0.335 e. The molecule has 392 valence electrons. The summed E-state index contributed by atoms with van der Waals surface area (Å²) in [6, 6.07) is 41.8. The fraction of sp³-hybridized carbons (Fsp3) is 0.333. The number of amides is 1. The largest absolute Gasteiger partial charge is 0.478 e. The number of likely N-dealkylation sites (tertiary alicyclic amines) is 1. The molecule has 3 aliphatic heterocycles. The molecule has 8 aromatic rings. The van der Waals surface area contributed by atoms with Crippen LogP contribution in [0.1, 0.15) is 90.6 Å². The van der Waals surface area contributed by atoms with Crippen molar-refractivity contribution < 1.29 is 24.2 Å². The first-order valence-corrected chi connectivity index (χ1v) is 26.9. The van der Waals surface area contributed by atoms with E-state index in [9.17, 15) is 9.59 Å². The highest BCUT2D eigenvalue weighted by Crippen LogP contribution is 2.35. The molecule has 4 aromatic carbocycles. The lowest BCUT2D eigenvalue weighted by atomic mass is 9.81. The van der Waals surface area contributed by atoms with Crippen LogP contribution in [0.15, 0.2) is 146 Å². The highest BCUT2D eigenvalue weighted by Gasteiger charge is 2.38. The second-order valence-electron chi connectivity index (χ2n) is 21.0. The van der Waals surface area contributed by atoms with Gasteiger partial charge >= 0.3 is 5.97 Å². The fourth-order valence-electron chi connectivity index (χ4n) is 11.3. The lowest BCUT2D eigenvalue weighted by Crippen LogP contribution is -2.57. The van der Waals surface area contributed by atoms with E-state index in [0.29, 0.717) is 16.7 Å². The Labute approximate surface area is 450 Å². The van der Waals surface area contributed by atoms with Crippen LogP contribution >= 0.6 is 0 Å². The van der Waals surface area contributed by atoms with Gasteiger partial charge < -0.3 is 19.5 Å². The lowest BCUT2D eigenvalue weighted by Gasteiger charge is -2.48. The third-order valence-electron chi connectivity index (χ3n) is 16.2. The minimum atomic E-state index is -0.940. The molecule has 0 atom stereocenters. The summed E-state index contributed by atoms with van der Waals surface area (Å²) in [4.78, 5) is 40.4. The van der Waals surface area contributed by atoms with Crippen LogP contribution in [0, 0.1) is 22.7 Å². The highest BCUT2D eigenvalue weighted by atomic mass is 16.5. The Hall–Kier alpha value is -7.98. The Kier molecular flexibility index (Phi) is 16.0. The van der Waals surface area contributed by atoms with E-state index in [0.717, 1.165) is 140 Å². The number of imidazole rings is 2. The first kappa shape index (κ1) is 52.5. The van der Waals surface area contributed by atoms with E-state index in [1.165, 1.54) is 32.1 Å². The molecule has 1 saturated carbocycles. The van der Waals surface area contributed by atoms with Crippen LogP contribution in [0.5, 0.6) is 0 Å². The molecule has 4 fully saturated rings. The number of carboxylic acid groups (broad SMARTS) is 1. The van der Waals surface area contributed by atoms with E-state index in [-0.39, 0.29) is 17.0 Å². The molecule has 1 N–H and O–H groups in total. The first-order chi connectivity index (χ1) is 37.5. The van der Waals surface area contributed by atoms with E-state index in [1.807, 2.05) is 101 Å². The molecule has 14 heteroatoms. The molecule has 4 aliphatic rings. The summed E-state index contributed by atoms with van der Waals surface area (Å²) in [5.41, 5.74) is 12.4. The summed E-state index contributed by atoms with van der Waals surface area (Å²) in [6.45, 7) is 14.1. The molecule has 0 unspecified atom stereocenters. The van der Waals surface area contributed by atoms with Crippen LogP contribution < -0.4 is 0 Å². The molecule has 0 bridgehead atoms. The van der Waals surface area contributed by atoms with Crippen LogP contribution in [-0.2, 0) is 9.47 Å². The normalized spacial score (nSPS) is 17.5. The van der Waals surface area contributed by atoms with Crippen molar-refractivity contribution in [2.45, 2.75) is 69.9 Å².